The zero-order chi connectivity index (χ0) is 11.3. The molecule has 0 spiro atoms. The number of halogens is 2. The average Bonchev–Trinajstić information content (AvgIpc) is 2.63. The fraction of sp³-hybridized carbons (Fsp3) is 0.556. The van der Waals surface area contributed by atoms with Gasteiger partial charge in [-0.05, 0) is 6.07 Å². The molecular formula is C9H13Cl2N3O. The Morgan fingerprint density at radius 2 is 2.07 bits per heavy atom. The van der Waals surface area contributed by atoms with Gasteiger partial charge in [-0.1, -0.05) is 0 Å². The molecule has 4 nitrogen and oxygen atoms in total. The van der Waals surface area contributed by atoms with E-state index in [2.05, 4.69) is 5.10 Å². The molecule has 1 heterocycles. The van der Waals surface area contributed by atoms with Gasteiger partial charge < -0.3 is 4.90 Å². The van der Waals surface area contributed by atoms with Crippen LogP contribution in [0.3, 0.4) is 0 Å². The second kappa shape index (κ2) is 5.98. The molecule has 0 aliphatic heterocycles. The van der Waals surface area contributed by atoms with Crippen LogP contribution in [0.15, 0.2) is 12.3 Å². The Labute approximate surface area is 98.8 Å². The highest BCUT2D eigenvalue weighted by molar-refractivity contribution is 6.18. The molecule has 6 heteroatoms. The SMILES string of the molecule is Cn1ccc(C(=O)N(CCCl)CCCl)n1. The van der Waals surface area contributed by atoms with Crippen molar-refractivity contribution in [3.8, 4) is 0 Å². The van der Waals surface area contributed by atoms with Crippen molar-refractivity contribution in [2.75, 3.05) is 24.8 Å². The second-order valence-corrected chi connectivity index (χ2v) is 3.80. The van der Waals surface area contributed by atoms with E-state index in [1.807, 2.05) is 0 Å². The number of aromatic nitrogens is 2. The highest BCUT2D eigenvalue weighted by Crippen LogP contribution is 2.02. The lowest BCUT2D eigenvalue weighted by molar-refractivity contribution is 0.0768. The summed E-state index contributed by atoms with van der Waals surface area (Å²) in [7, 11) is 1.77. The van der Waals surface area contributed by atoms with Crippen LogP contribution in [-0.2, 0) is 7.05 Å². The van der Waals surface area contributed by atoms with Gasteiger partial charge in [0.15, 0.2) is 0 Å². The zero-order valence-corrected chi connectivity index (χ0v) is 10.0. The van der Waals surface area contributed by atoms with Gasteiger partial charge >= 0.3 is 0 Å². The third kappa shape index (κ3) is 3.39. The number of carbonyl (C=O) groups excluding carboxylic acids is 1. The normalized spacial score (nSPS) is 10.3. The molecule has 15 heavy (non-hydrogen) atoms. The Morgan fingerprint density at radius 3 is 2.47 bits per heavy atom. The number of rotatable bonds is 5. The van der Waals surface area contributed by atoms with Crippen molar-refractivity contribution in [3.05, 3.63) is 18.0 Å². The maximum atomic E-state index is 11.9. The van der Waals surface area contributed by atoms with Crippen LogP contribution in [0.25, 0.3) is 0 Å². The number of carbonyl (C=O) groups is 1. The lowest BCUT2D eigenvalue weighted by Crippen LogP contribution is -2.34. The standard InChI is InChI=1S/C9H13Cl2N3O/c1-13-5-2-8(12-13)9(15)14(6-3-10)7-4-11/h2,5H,3-4,6-7H2,1H3. The zero-order valence-electron chi connectivity index (χ0n) is 8.49. The first-order valence-electron chi connectivity index (χ1n) is 4.60. The lowest BCUT2D eigenvalue weighted by atomic mass is 10.3. The summed E-state index contributed by atoms with van der Waals surface area (Å²) in [6.07, 6.45) is 1.73. The number of aryl methyl sites for hydroxylation is 1. The minimum atomic E-state index is -0.128. The Morgan fingerprint density at radius 1 is 1.47 bits per heavy atom. The monoisotopic (exact) mass is 249 g/mol. The predicted molar refractivity (Wildman–Crippen MR) is 60.6 cm³/mol. The summed E-state index contributed by atoms with van der Waals surface area (Å²) in [6, 6.07) is 1.68. The first-order valence-corrected chi connectivity index (χ1v) is 5.66. The van der Waals surface area contributed by atoms with E-state index < -0.39 is 0 Å². The summed E-state index contributed by atoms with van der Waals surface area (Å²) >= 11 is 11.2. The molecule has 1 aromatic heterocycles. The first-order chi connectivity index (χ1) is 7.19. The topological polar surface area (TPSA) is 38.1 Å². The first kappa shape index (κ1) is 12.3. The van der Waals surface area contributed by atoms with Crippen molar-refractivity contribution in [2.24, 2.45) is 7.05 Å². The molecule has 1 aromatic rings. The van der Waals surface area contributed by atoms with Gasteiger partial charge in [0.25, 0.3) is 5.91 Å². The Bertz CT molecular complexity index is 321. The molecule has 0 atom stereocenters. The minimum absolute atomic E-state index is 0.128. The third-order valence-corrected chi connectivity index (χ3v) is 2.27. The van der Waals surface area contributed by atoms with Crippen LogP contribution in [0.5, 0.6) is 0 Å². The van der Waals surface area contributed by atoms with E-state index in [0.717, 1.165) is 0 Å². The van der Waals surface area contributed by atoms with E-state index in [-0.39, 0.29) is 5.91 Å². The lowest BCUT2D eigenvalue weighted by Gasteiger charge is -2.18. The van der Waals surface area contributed by atoms with Crippen LogP contribution in [0.2, 0.25) is 0 Å². The fourth-order valence-electron chi connectivity index (χ4n) is 1.21. The minimum Gasteiger partial charge on any atom is -0.335 e. The number of amides is 1. The van der Waals surface area contributed by atoms with E-state index >= 15 is 0 Å². The number of alkyl halides is 2. The van der Waals surface area contributed by atoms with Crippen molar-refractivity contribution < 1.29 is 4.79 Å². The van der Waals surface area contributed by atoms with E-state index in [1.165, 1.54) is 0 Å². The van der Waals surface area contributed by atoms with Crippen LogP contribution in [0.1, 0.15) is 10.5 Å². The molecule has 0 saturated carbocycles. The van der Waals surface area contributed by atoms with Gasteiger partial charge in [0, 0.05) is 38.1 Å². The summed E-state index contributed by atoms with van der Waals surface area (Å²) in [5, 5.41) is 4.04. The summed E-state index contributed by atoms with van der Waals surface area (Å²) < 4.78 is 1.59. The molecule has 1 rings (SSSR count). The van der Waals surface area contributed by atoms with Gasteiger partial charge in [0.05, 0.1) is 0 Å². The molecule has 0 N–H and O–H groups in total. The summed E-state index contributed by atoms with van der Waals surface area (Å²) in [5.41, 5.74) is 0.424. The molecule has 0 radical (unpaired) electrons. The molecule has 0 unspecified atom stereocenters. The summed E-state index contributed by atoms with van der Waals surface area (Å²) in [6.45, 7) is 0.980. The van der Waals surface area contributed by atoms with Crippen LogP contribution in [0, 0.1) is 0 Å². The number of hydrogen-bond acceptors (Lipinski definition) is 2. The molecule has 0 aliphatic rings. The Kier molecular flexibility index (Phi) is 4.91. The molecule has 1 amide bonds. The third-order valence-electron chi connectivity index (χ3n) is 1.93. The highest BCUT2D eigenvalue weighted by atomic mass is 35.5. The predicted octanol–water partition coefficient (Wildman–Crippen LogP) is 1.34. The molecular weight excluding hydrogens is 237 g/mol. The smallest absolute Gasteiger partial charge is 0.274 e. The molecule has 0 bridgehead atoms. The van der Waals surface area contributed by atoms with Gasteiger partial charge in [-0.2, -0.15) is 5.10 Å². The van der Waals surface area contributed by atoms with Crippen LogP contribution < -0.4 is 0 Å². The highest BCUT2D eigenvalue weighted by Gasteiger charge is 2.16. The largest absolute Gasteiger partial charge is 0.335 e. The van der Waals surface area contributed by atoms with Crippen molar-refractivity contribution >= 4 is 29.1 Å². The van der Waals surface area contributed by atoms with E-state index in [1.54, 1.807) is 28.9 Å². The van der Waals surface area contributed by atoms with E-state index in [4.69, 9.17) is 23.2 Å². The molecule has 0 aromatic carbocycles. The summed E-state index contributed by atoms with van der Waals surface area (Å²) in [5.74, 6) is 0.669. The van der Waals surface area contributed by atoms with Gasteiger partial charge in [0.2, 0.25) is 0 Å². The average molecular weight is 250 g/mol. The van der Waals surface area contributed by atoms with Crippen LogP contribution in [-0.4, -0.2) is 45.4 Å². The molecule has 0 aliphatic carbocycles. The molecule has 84 valence electrons. The maximum absolute atomic E-state index is 11.9. The number of nitrogens with zero attached hydrogens (tertiary/aromatic N) is 3. The molecule has 0 saturated heterocycles. The van der Waals surface area contributed by atoms with Crippen molar-refractivity contribution in [3.63, 3.8) is 0 Å². The Balaban J connectivity index is 2.71. The van der Waals surface area contributed by atoms with Gasteiger partial charge in [-0.15, -0.1) is 23.2 Å². The van der Waals surface area contributed by atoms with Gasteiger partial charge in [-0.3, -0.25) is 9.48 Å². The quantitative estimate of drug-likeness (QED) is 0.739. The van der Waals surface area contributed by atoms with Gasteiger partial charge in [0.1, 0.15) is 5.69 Å². The van der Waals surface area contributed by atoms with E-state index in [0.29, 0.717) is 30.5 Å². The molecule has 0 fully saturated rings. The van der Waals surface area contributed by atoms with Gasteiger partial charge in [-0.25, -0.2) is 0 Å². The fourth-order valence-corrected chi connectivity index (χ4v) is 1.62. The summed E-state index contributed by atoms with van der Waals surface area (Å²) in [4.78, 5) is 13.5. The van der Waals surface area contributed by atoms with Crippen molar-refractivity contribution in [1.82, 2.24) is 14.7 Å². The number of hydrogen-bond donors (Lipinski definition) is 0. The van der Waals surface area contributed by atoms with Crippen molar-refractivity contribution in [1.29, 1.82) is 0 Å². The van der Waals surface area contributed by atoms with Crippen molar-refractivity contribution in [2.45, 2.75) is 0 Å². The van der Waals surface area contributed by atoms with E-state index in [9.17, 15) is 4.79 Å². The second-order valence-electron chi connectivity index (χ2n) is 3.04. The Hall–Kier alpha value is -0.740. The van der Waals surface area contributed by atoms with Crippen LogP contribution >= 0.6 is 23.2 Å². The van der Waals surface area contributed by atoms with Crippen LogP contribution in [0.4, 0.5) is 0 Å². The maximum Gasteiger partial charge on any atom is 0.274 e.